The van der Waals surface area contributed by atoms with E-state index in [0.717, 1.165) is 24.2 Å². The van der Waals surface area contributed by atoms with Crippen LogP contribution in [0.1, 0.15) is 38.1 Å². The number of nitrogens with zero attached hydrogens (tertiary/aromatic N) is 3. The molecule has 1 aliphatic rings. The molecule has 1 heterocycles. The van der Waals surface area contributed by atoms with Crippen molar-refractivity contribution in [1.29, 1.82) is 0 Å². The van der Waals surface area contributed by atoms with Crippen LogP contribution in [-0.2, 0) is 12.8 Å². The Kier molecular flexibility index (Phi) is 2.61. The predicted octanol–water partition coefficient (Wildman–Crippen LogP) is 1.57. The molecule has 0 aromatic carbocycles. The van der Waals surface area contributed by atoms with Crippen molar-refractivity contribution in [3.63, 3.8) is 0 Å². The molecule has 0 atom stereocenters. The third-order valence-corrected chi connectivity index (χ3v) is 2.42. The average molecular weight is 192 g/mol. The predicted molar refractivity (Wildman–Crippen MR) is 55.2 cm³/mol. The Bertz CT molecular complexity index is 320. The van der Waals surface area contributed by atoms with Gasteiger partial charge in [0.15, 0.2) is 0 Å². The molecule has 4 heteroatoms. The van der Waals surface area contributed by atoms with Crippen LogP contribution in [0.5, 0.6) is 0 Å². The smallest absolute Gasteiger partial charge is 0.243 e. The van der Waals surface area contributed by atoms with E-state index in [-0.39, 0.29) is 0 Å². The molecule has 0 spiro atoms. The van der Waals surface area contributed by atoms with Gasteiger partial charge in [0, 0.05) is 6.04 Å². The SMILES string of the molecule is CCc1nnc(NC2CC2)nc1CC. The summed E-state index contributed by atoms with van der Waals surface area (Å²) in [6.45, 7) is 4.18. The first-order chi connectivity index (χ1) is 6.83. The Labute approximate surface area is 84.2 Å². The number of anilines is 1. The zero-order valence-corrected chi connectivity index (χ0v) is 8.75. The first-order valence-electron chi connectivity index (χ1n) is 5.32. The zero-order chi connectivity index (χ0) is 9.97. The number of aromatic nitrogens is 3. The molecule has 4 nitrogen and oxygen atoms in total. The molecular formula is C10H16N4. The number of aryl methyl sites for hydroxylation is 2. The maximum Gasteiger partial charge on any atom is 0.243 e. The van der Waals surface area contributed by atoms with Crippen molar-refractivity contribution in [3.8, 4) is 0 Å². The van der Waals surface area contributed by atoms with Crippen LogP contribution in [0.3, 0.4) is 0 Å². The summed E-state index contributed by atoms with van der Waals surface area (Å²) >= 11 is 0. The van der Waals surface area contributed by atoms with Gasteiger partial charge in [-0.1, -0.05) is 13.8 Å². The van der Waals surface area contributed by atoms with E-state index in [0.29, 0.717) is 12.0 Å². The molecular weight excluding hydrogens is 176 g/mol. The van der Waals surface area contributed by atoms with Crippen LogP contribution < -0.4 is 5.32 Å². The summed E-state index contributed by atoms with van der Waals surface area (Å²) in [5.41, 5.74) is 2.10. The minimum absolute atomic E-state index is 0.592. The molecule has 14 heavy (non-hydrogen) atoms. The van der Waals surface area contributed by atoms with Crippen molar-refractivity contribution in [3.05, 3.63) is 11.4 Å². The molecule has 1 aromatic heterocycles. The van der Waals surface area contributed by atoms with Crippen molar-refractivity contribution < 1.29 is 0 Å². The molecule has 1 N–H and O–H groups in total. The standard InChI is InChI=1S/C10H16N4/c1-3-8-9(4-2)13-14-10(12-8)11-7-5-6-7/h7H,3-6H2,1-2H3,(H,11,12,14). The maximum absolute atomic E-state index is 4.46. The van der Waals surface area contributed by atoms with Crippen LogP contribution in [0.25, 0.3) is 0 Å². The van der Waals surface area contributed by atoms with E-state index in [2.05, 4.69) is 34.3 Å². The Morgan fingerprint density at radius 1 is 1.14 bits per heavy atom. The third kappa shape index (κ3) is 2.00. The van der Waals surface area contributed by atoms with Gasteiger partial charge in [-0.25, -0.2) is 4.98 Å². The molecule has 0 saturated heterocycles. The van der Waals surface area contributed by atoms with Crippen LogP contribution in [0.4, 0.5) is 5.95 Å². The lowest BCUT2D eigenvalue weighted by atomic mass is 10.2. The van der Waals surface area contributed by atoms with E-state index in [1.165, 1.54) is 12.8 Å². The van der Waals surface area contributed by atoms with Gasteiger partial charge in [0.1, 0.15) is 0 Å². The Morgan fingerprint density at radius 3 is 2.43 bits per heavy atom. The topological polar surface area (TPSA) is 50.7 Å². The van der Waals surface area contributed by atoms with Gasteiger partial charge in [-0.3, -0.25) is 0 Å². The summed E-state index contributed by atoms with van der Waals surface area (Å²) in [6.07, 6.45) is 4.31. The Hall–Kier alpha value is -1.19. The summed E-state index contributed by atoms with van der Waals surface area (Å²) in [6, 6.07) is 0.592. The van der Waals surface area contributed by atoms with Crippen LogP contribution in [-0.4, -0.2) is 21.2 Å². The fourth-order valence-corrected chi connectivity index (χ4v) is 1.41. The minimum atomic E-state index is 0.592. The van der Waals surface area contributed by atoms with Gasteiger partial charge in [-0.05, 0) is 25.7 Å². The molecule has 0 aliphatic heterocycles. The van der Waals surface area contributed by atoms with Gasteiger partial charge in [-0.2, -0.15) is 5.10 Å². The summed E-state index contributed by atoms with van der Waals surface area (Å²) in [4.78, 5) is 4.46. The van der Waals surface area contributed by atoms with Gasteiger partial charge >= 0.3 is 0 Å². The molecule has 1 saturated carbocycles. The number of nitrogens with one attached hydrogen (secondary N) is 1. The van der Waals surface area contributed by atoms with Crippen molar-refractivity contribution in [2.24, 2.45) is 0 Å². The monoisotopic (exact) mass is 192 g/mol. The number of hydrogen-bond acceptors (Lipinski definition) is 4. The lowest BCUT2D eigenvalue weighted by molar-refractivity contribution is 0.819. The van der Waals surface area contributed by atoms with Crippen LogP contribution in [0.15, 0.2) is 0 Å². The van der Waals surface area contributed by atoms with Gasteiger partial charge in [0.25, 0.3) is 0 Å². The minimum Gasteiger partial charge on any atom is -0.350 e. The van der Waals surface area contributed by atoms with Crippen LogP contribution in [0, 0.1) is 0 Å². The summed E-state index contributed by atoms with van der Waals surface area (Å²) in [5.74, 6) is 0.696. The average Bonchev–Trinajstić information content (AvgIpc) is 3.01. The number of hydrogen-bond donors (Lipinski definition) is 1. The second-order valence-electron chi connectivity index (χ2n) is 3.65. The molecule has 1 aromatic rings. The lowest BCUT2D eigenvalue weighted by Crippen LogP contribution is -2.10. The Morgan fingerprint density at radius 2 is 1.86 bits per heavy atom. The molecule has 76 valence electrons. The van der Waals surface area contributed by atoms with E-state index < -0.39 is 0 Å². The quantitative estimate of drug-likeness (QED) is 0.786. The second-order valence-corrected chi connectivity index (χ2v) is 3.65. The van der Waals surface area contributed by atoms with Crippen molar-refractivity contribution in [2.45, 2.75) is 45.6 Å². The highest BCUT2D eigenvalue weighted by Gasteiger charge is 2.22. The van der Waals surface area contributed by atoms with E-state index in [4.69, 9.17) is 0 Å². The van der Waals surface area contributed by atoms with E-state index in [9.17, 15) is 0 Å². The van der Waals surface area contributed by atoms with Crippen LogP contribution in [0.2, 0.25) is 0 Å². The molecule has 0 radical (unpaired) electrons. The summed E-state index contributed by atoms with van der Waals surface area (Å²) in [7, 11) is 0. The highest BCUT2D eigenvalue weighted by Crippen LogP contribution is 2.22. The maximum atomic E-state index is 4.46. The van der Waals surface area contributed by atoms with Gasteiger partial charge < -0.3 is 5.32 Å². The fraction of sp³-hybridized carbons (Fsp3) is 0.700. The van der Waals surface area contributed by atoms with E-state index >= 15 is 0 Å². The second kappa shape index (κ2) is 3.90. The molecule has 0 bridgehead atoms. The van der Waals surface area contributed by atoms with Gasteiger partial charge in [0.05, 0.1) is 11.4 Å². The summed E-state index contributed by atoms with van der Waals surface area (Å²) < 4.78 is 0. The first kappa shape index (κ1) is 9.37. The molecule has 0 amide bonds. The first-order valence-corrected chi connectivity index (χ1v) is 5.32. The van der Waals surface area contributed by atoms with Crippen molar-refractivity contribution in [1.82, 2.24) is 15.2 Å². The normalized spacial score (nSPS) is 15.6. The molecule has 1 fully saturated rings. The molecule has 2 rings (SSSR count). The lowest BCUT2D eigenvalue weighted by Gasteiger charge is -2.06. The van der Waals surface area contributed by atoms with E-state index in [1.54, 1.807) is 0 Å². The molecule has 1 aliphatic carbocycles. The summed E-state index contributed by atoms with van der Waals surface area (Å²) in [5, 5.41) is 11.5. The van der Waals surface area contributed by atoms with Crippen LogP contribution >= 0.6 is 0 Å². The van der Waals surface area contributed by atoms with Gasteiger partial charge in [0.2, 0.25) is 5.95 Å². The fourth-order valence-electron chi connectivity index (χ4n) is 1.41. The third-order valence-electron chi connectivity index (χ3n) is 2.42. The largest absolute Gasteiger partial charge is 0.350 e. The van der Waals surface area contributed by atoms with E-state index in [1.807, 2.05) is 0 Å². The van der Waals surface area contributed by atoms with Crippen molar-refractivity contribution in [2.75, 3.05) is 5.32 Å². The molecule has 0 unspecified atom stereocenters. The Balaban J connectivity index is 2.16. The highest BCUT2D eigenvalue weighted by atomic mass is 15.3. The zero-order valence-electron chi connectivity index (χ0n) is 8.75. The number of rotatable bonds is 4. The van der Waals surface area contributed by atoms with Crippen molar-refractivity contribution >= 4 is 5.95 Å². The highest BCUT2D eigenvalue weighted by molar-refractivity contribution is 5.29. The van der Waals surface area contributed by atoms with Gasteiger partial charge in [-0.15, -0.1) is 5.10 Å².